The lowest BCUT2D eigenvalue weighted by Crippen LogP contribution is -2.50. The van der Waals surface area contributed by atoms with Crippen molar-refractivity contribution < 1.29 is 28.4 Å². The fourth-order valence-electron chi connectivity index (χ4n) is 5.10. The summed E-state index contributed by atoms with van der Waals surface area (Å²) in [6.07, 6.45) is 5.86. The van der Waals surface area contributed by atoms with Crippen molar-refractivity contribution in [1.82, 2.24) is 25.7 Å². The third-order valence-electron chi connectivity index (χ3n) is 7.44. The molecule has 11 heteroatoms. The number of hydrogen-bond donors (Lipinski definition) is 2. The van der Waals surface area contributed by atoms with E-state index in [0.29, 0.717) is 24.8 Å². The van der Waals surface area contributed by atoms with Gasteiger partial charge in [-0.05, 0) is 82.6 Å². The van der Waals surface area contributed by atoms with Crippen molar-refractivity contribution in [3.8, 4) is 5.75 Å². The number of carbonyl (C=O) groups excluding carboxylic acids is 3. The van der Waals surface area contributed by atoms with E-state index >= 15 is 0 Å². The Labute approximate surface area is 251 Å². The second kappa shape index (κ2) is 12.8. The van der Waals surface area contributed by atoms with Crippen LogP contribution in [0.4, 0.5) is 4.79 Å². The summed E-state index contributed by atoms with van der Waals surface area (Å²) < 4.78 is 16.6. The van der Waals surface area contributed by atoms with Gasteiger partial charge in [0.1, 0.15) is 29.4 Å². The fraction of sp³-hybridized carbons (Fsp3) is 0.469. The van der Waals surface area contributed by atoms with Crippen molar-refractivity contribution in [3.05, 3.63) is 77.4 Å². The maximum absolute atomic E-state index is 13.0. The molecule has 1 saturated carbocycles. The Hall–Kier alpha value is -4.41. The van der Waals surface area contributed by atoms with Crippen LogP contribution in [0.3, 0.4) is 0 Å². The Bertz CT molecular complexity index is 1400. The molecule has 43 heavy (non-hydrogen) atoms. The van der Waals surface area contributed by atoms with Gasteiger partial charge in [0.2, 0.25) is 0 Å². The van der Waals surface area contributed by atoms with Crippen LogP contribution in [0.1, 0.15) is 97.5 Å². The number of likely N-dealkylation sites (tertiary alicyclic amines) is 1. The number of pyridine rings is 1. The zero-order chi connectivity index (χ0) is 30.6. The molecular weight excluding hydrogens is 550 g/mol. The lowest BCUT2D eigenvalue weighted by molar-refractivity contribution is 0.0185. The number of aromatic nitrogens is 2. The first kappa shape index (κ1) is 30.1. The summed E-state index contributed by atoms with van der Waals surface area (Å²) in [7, 11) is 0. The molecule has 0 unspecified atom stereocenters. The van der Waals surface area contributed by atoms with E-state index in [9.17, 15) is 14.4 Å². The molecule has 3 amide bonds. The molecule has 228 valence electrons. The molecule has 2 N–H and O–H groups in total. The van der Waals surface area contributed by atoms with Crippen LogP contribution in [0.2, 0.25) is 0 Å². The van der Waals surface area contributed by atoms with Gasteiger partial charge in [0.15, 0.2) is 5.69 Å². The first-order valence-electron chi connectivity index (χ1n) is 14.8. The lowest BCUT2D eigenvalue weighted by Gasteiger charge is -2.34. The molecule has 1 saturated heterocycles. The third kappa shape index (κ3) is 8.12. The van der Waals surface area contributed by atoms with Gasteiger partial charge in [0, 0.05) is 25.2 Å². The van der Waals surface area contributed by atoms with E-state index in [1.165, 1.54) is 36.9 Å². The van der Waals surface area contributed by atoms with Gasteiger partial charge >= 0.3 is 6.09 Å². The van der Waals surface area contributed by atoms with Crippen molar-refractivity contribution in [3.63, 3.8) is 0 Å². The summed E-state index contributed by atoms with van der Waals surface area (Å²) in [5.74, 6) is 0.365. The SMILES string of the molecule is C[C@H](NC(=O)c1ccon1)[C@H](Oc1ccc(C(=O)N[C@H]2CCCN(C(=O)OC(C)(C)C)C2)nc1)c1ccc(C2CC2)cc1. The van der Waals surface area contributed by atoms with Gasteiger partial charge in [0.05, 0.1) is 12.2 Å². The van der Waals surface area contributed by atoms with Crippen molar-refractivity contribution in [1.29, 1.82) is 0 Å². The van der Waals surface area contributed by atoms with E-state index < -0.39 is 17.7 Å². The maximum atomic E-state index is 13.0. The predicted octanol–water partition coefficient (Wildman–Crippen LogP) is 5.01. The minimum absolute atomic E-state index is 0.180. The molecule has 2 aliphatic rings. The second-order valence-corrected chi connectivity index (χ2v) is 12.2. The normalized spacial score (nSPS) is 18.3. The van der Waals surface area contributed by atoms with E-state index in [1.54, 1.807) is 17.0 Å². The largest absolute Gasteiger partial charge is 0.482 e. The molecule has 3 aromatic rings. The lowest BCUT2D eigenvalue weighted by atomic mass is 10.00. The standard InChI is InChI=1S/C32H39N5O6/c1-20(34-30(39)27-15-17-41-36-27)28(23-11-9-22(10-12-23)21-7-8-21)42-25-13-14-26(33-18-25)29(38)35-24-6-5-16-37(19-24)31(40)43-32(2,3)4/h9-15,17-18,20-21,24,28H,5-8,16,19H2,1-4H3,(H,34,39)(H,35,38)/t20-,24-,28-/m0/s1. The highest BCUT2D eigenvalue weighted by molar-refractivity contribution is 5.93. The summed E-state index contributed by atoms with van der Waals surface area (Å²) in [4.78, 5) is 44.2. The molecule has 0 spiro atoms. The van der Waals surface area contributed by atoms with Gasteiger partial charge in [-0.3, -0.25) is 9.59 Å². The molecule has 1 aliphatic heterocycles. The van der Waals surface area contributed by atoms with Crippen LogP contribution < -0.4 is 15.4 Å². The van der Waals surface area contributed by atoms with Crippen LogP contribution in [-0.4, -0.2) is 63.7 Å². The highest BCUT2D eigenvalue weighted by Crippen LogP contribution is 2.40. The Morgan fingerprint density at radius 1 is 1.00 bits per heavy atom. The average molecular weight is 590 g/mol. The van der Waals surface area contributed by atoms with E-state index in [2.05, 4.69) is 32.9 Å². The first-order chi connectivity index (χ1) is 20.6. The zero-order valence-corrected chi connectivity index (χ0v) is 25.0. The second-order valence-electron chi connectivity index (χ2n) is 12.2. The van der Waals surface area contributed by atoms with E-state index in [1.807, 2.05) is 39.8 Å². The topological polar surface area (TPSA) is 136 Å². The van der Waals surface area contributed by atoms with E-state index in [4.69, 9.17) is 14.0 Å². The van der Waals surface area contributed by atoms with Crippen LogP contribution in [0, 0.1) is 0 Å². The van der Waals surface area contributed by atoms with Crippen LogP contribution in [0.5, 0.6) is 5.75 Å². The summed E-state index contributed by atoms with van der Waals surface area (Å²) in [5, 5.41) is 9.65. The highest BCUT2D eigenvalue weighted by Gasteiger charge is 2.30. The van der Waals surface area contributed by atoms with Gasteiger partial charge in [-0.2, -0.15) is 0 Å². The molecule has 1 aromatic carbocycles. The summed E-state index contributed by atoms with van der Waals surface area (Å²) in [6.45, 7) is 8.31. The van der Waals surface area contributed by atoms with E-state index in [0.717, 1.165) is 18.4 Å². The number of hydrogen-bond acceptors (Lipinski definition) is 8. The molecule has 5 rings (SSSR count). The number of nitrogens with zero attached hydrogens (tertiary/aromatic N) is 3. The molecule has 0 radical (unpaired) electrons. The van der Waals surface area contributed by atoms with Crippen LogP contribution in [0.25, 0.3) is 0 Å². The molecule has 11 nitrogen and oxygen atoms in total. The quantitative estimate of drug-likeness (QED) is 0.355. The van der Waals surface area contributed by atoms with Gasteiger partial charge < -0.3 is 29.5 Å². The van der Waals surface area contributed by atoms with Gasteiger partial charge in [0.25, 0.3) is 11.8 Å². The molecule has 2 aromatic heterocycles. The molecule has 3 heterocycles. The van der Waals surface area contributed by atoms with Crippen molar-refractivity contribution in [2.75, 3.05) is 13.1 Å². The molecule has 2 fully saturated rings. The molecule has 3 atom stereocenters. The Morgan fingerprint density at radius 2 is 1.77 bits per heavy atom. The summed E-state index contributed by atoms with van der Waals surface area (Å²) in [6, 6.07) is 12.4. The molecule has 0 bridgehead atoms. The van der Waals surface area contributed by atoms with Crippen LogP contribution >= 0.6 is 0 Å². The minimum Gasteiger partial charge on any atom is -0.482 e. The Kier molecular flexibility index (Phi) is 8.98. The monoisotopic (exact) mass is 589 g/mol. The fourth-order valence-corrected chi connectivity index (χ4v) is 5.10. The maximum Gasteiger partial charge on any atom is 0.410 e. The number of rotatable bonds is 9. The highest BCUT2D eigenvalue weighted by atomic mass is 16.6. The first-order valence-corrected chi connectivity index (χ1v) is 14.8. The third-order valence-corrected chi connectivity index (χ3v) is 7.44. The Balaban J connectivity index is 1.23. The van der Waals surface area contributed by atoms with Crippen LogP contribution in [-0.2, 0) is 4.74 Å². The smallest absolute Gasteiger partial charge is 0.410 e. The number of benzene rings is 1. The molecule has 1 aliphatic carbocycles. The van der Waals surface area contributed by atoms with E-state index in [-0.39, 0.29) is 35.3 Å². The van der Waals surface area contributed by atoms with Gasteiger partial charge in [-0.1, -0.05) is 29.4 Å². The Morgan fingerprint density at radius 3 is 2.40 bits per heavy atom. The minimum atomic E-state index is -0.583. The molecular formula is C32H39N5O6. The summed E-state index contributed by atoms with van der Waals surface area (Å²) in [5.41, 5.74) is 2.02. The number of amides is 3. The number of nitrogens with one attached hydrogen (secondary N) is 2. The van der Waals surface area contributed by atoms with Crippen LogP contribution in [0.15, 0.2) is 59.4 Å². The van der Waals surface area contributed by atoms with Gasteiger partial charge in [-0.15, -0.1) is 0 Å². The number of piperidine rings is 1. The van der Waals surface area contributed by atoms with Crippen molar-refractivity contribution in [2.24, 2.45) is 0 Å². The number of ether oxygens (including phenoxy) is 2. The average Bonchev–Trinajstić information content (AvgIpc) is 3.68. The van der Waals surface area contributed by atoms with Crippen molar-refractivity contribution in [2.45, 2.75) is 83.1 Å². The zero-order valence-electron chi connectivity index (χ0n) is 25.0. The summed E-state index contributed by atoms with van der Waals surface area (Å²) >= 11 is 0. The number of carbonyl (C=O) groups is 3. The van der Waals surface area contributed by atoms with Gasteiger partial charge in [-0.25, -0.2) is 9.78 Å². The van der Waals surface area contributed by atoms with Crippen molar-refractivity contribution >= 4 is 17.9 Å². The predicted molar refractivity (Wildman–Crippen MR) is 158 cm³/mol.